The van der Waals surface area contributed by atoms with Crippen molar-refractivity contribution in [2.45, 2.75) is 83.5 Å². The molecule has 1 aromatic carbocycles. The number of rotatable bonds is 10. The minimum atomic E-state index is -1.10. The van der Waals surface area contributed by atoms with Crippen LogP contribution in [0.5, 0.6) is 0 Å². The Morgan fingerprint density at radius 2 is 1.67 bits per heavy atom. The molecule has 5 N–H and O–H groups in total. The van der Waals surface area contributed by atoms with Crippen LogP contribution in [0.15, 0.2) is 24.3 Å². The van der Waals surface area contributed by atoms with E-state index in [1.807, 2.05) is 45.0 Å². The molecule has 1 unspecified atom stereocenters. The minimum Gasteiger partial charge on any atom is -0.363 e. The zero-order valence-electron chi connectivity index (χ0n) is 21.2. The van der Waals surface area contributed by atoms with E-state index in [9.17, 15) is 24.0 Å². The summed E-state index contributed by atoms with van der Waals surface area (Å²) in [6.07, 6.45) is 3.17. The van der Waals surface area contributed by atoms with Crippen molar-refractivity contribution in [3.05, 3.63) is 35.4 Å². The number of hydrogen-bond acceptors (Lipinski definition) is 5. The lowest BCUT2D eigenvalue weighted by Gasteiger charge is -2.32. The topological polar surface area (TPSA) is 151 Å². The Hall–Kier alpha value is -3.43. The van der Waals surface area contributed by atoms with Crippen molar-refractivity contribution in [3.63, 3.8) is 0 Å². The molecule has 5 amide bonds. The SMILES string of the molecule is CCCC(NC(=O)[C@@H]1CCCN1C(=O)[C@@H](NC(=O)NC(C)C)C1Cc2ccccc2C1)C(=O)C(N)=O. The summed E-state index contributed by atoms with van der Waals surface area (Å²) in [5.74, 6) is -2.92. The number of hydrogen-bond donors (Lipinski definition) is 4. The normalized spacial score (nSPS) is 18.9. The fourth-order valence-electron chi connectivity index (χ4n) is 5.13. The number of nitrogens with zero attached hydrogens (tertiary/aromatic N) is 1. The summed E-state index contributed by atoms with van der Waals surface area (Å²) in [7, 11) is 0. The number of amides is 5. The smallest absolute Gasteiger partial charge is 0.315 e. The van der Waals surface area contributed by atoms with E-state index in [0.717, 1.165) is 11.1 Å². The van der Waals surface area contributed by atoms with Crippen LogP contribution < -0.4 is 21.7 Å². The first-order valence-corrected chi connectivity index (χ1v) is 12.7. The van der Waals surface area contributed by atoms with Crippen molar-refractivity contribution in [1.82, 2.24) is 20.9 Å². The van der Waals surface area contributed by atoms with Crippen LogP contribution in [-0.4, -0.2) is 65.1 Å². The Morgan fingerprint density at radius 1 is 1.03 bits per heavy atom. The zero-order valence-corrected chi connectivity index (χ0v) is 21.2. The highest BCUT2D eigenvalue weighted by Gasteiger charge is 2.42. The van der Waals surface area contributed by atoms with Crippen LogP contribution in [0.25, 0.3) is 0 Å². The number of nitrogens with two attached hydrogens (primary N) is 1. The van der Waals surface area contributed by atoms with Crippen molar-refractivity contribution in [2.24, 2.45) is 11.7 Å². The number of fused-ring (bicyclic) bond motifs is 1. The second-order valence-electron chi connectivity index (χ2n) is 9.96. The van der Waals surface area contributed by atoms with Crippen molar-refractivity contribution in [3.8, 4) is 0 Å². The summed E-state index contributed by atoms with van der Waals surface area (Å²) in [6.45, 7) is 5.87. The first kappa shape index (κ1) is 27.2. The van der Waals surface area contributed by atoms with Crippen LogP contribution in [0.1, 0.15) is 57.6 Å². The molecule has 10 nitrogen and oxygen atoms in total. The number of benzene rings is 1. The third kappa shape index (κ3) is 6.41. The molecular weight excluding hydrogens is 462 g/mol. The van der Waals surface area contributed by atoms with Crippen LogP contribution in [0.2, 0.25) is 0 Å². The quantitative estimate of drug-likeness (QED) is 0.351. The van der Waals surface area contributed by atoms with E-state index in [1.165, 1.54) is 4.90 Å². The maximum atomic E-state index is 13.8. The standard InChI is InChI=1S/C26H37N5O5/c1-4-8-19(22(32)23(27)33)29-24(34)20-11-7-12-31(20)25(35)21(30-26(36)28-15(2)3)18-13-16-9-5-6-10-17(16)14-18/h5-6,9-10,15,18-21H,4,7-8,11-14H2,1-3H3,(H2,27,33)(H,29,34)(H2,28,30,36)/t19?,20-,21-/m0/s1. The van der Waals surface area contributed by atoms with Gasteiger partial charge in [-0.2, -0.15) is 0 Å². The van der Waals surface area contributed by atoms with Crippen molar-refractivity contribution < 1.29 is 24.0 Å². The summed E-state index contributed by atoms with van der Waals surface area (Å²) in [6, 6.07) is 4.80. The molecule has 0 saturated carbocycles. The van der Waals surface area contributed by atoms with Crippen LogP contribution in [0.4, 0.5) is 4.79 Å². The second kappa shape index (κ2) is 12.0. The molecule has 36 heavy (non-hydrogen) atoms. The molecule has 0 aromatic heterocycles. The fourth-order valence-corrected chi connectivity index (χ4v) is 5.13. The van der Waals surface area contributed by atoms with Gasteiger partial charge in [0.05, 0.1) is 6.04 Å². The highest BCUT2D eigenvalue weighted by atomic mass is 16.2. The van der Waals surface area contributed by atoms with Crippen molar-refractivity contribution in [2.75, 3.05) is 6.54 Å². The predicted octanol–water partition coefficient (Wildman–Crippen LogP) is 0.808. The largest absolute Gasteiger partial charge is 0.363 e. The Balaban J connectivity index is 1.79. The number of ketones is 1. The molecule has 2 aliphatic rings. The maximum Gasteiger partial charge on any atom is 0.315 e. The van der Waals surface area contributed by atoms with Gasteiger partial charge in [0.15, 0.2) is 0 Å². The van der Waals surface area contributed by atoms with E-state index in [-0.39, 0.29) is 24.3 Å². The Morgan fingerprint density at radius 3 is 2.22 bits per heavy atom. The number of nitrogens with one attached hydrogen (secondary N) is 3. The second-order valence-corrected chi connectivity index (χ2v) is 9.96. The first-order valence-electron chi connectivity index (χ1n) is 12.7. The molecule has 1 fully saturated rings. The molecule has 1 aliphatic carbocycles. The van der Waals surface area contributed by atoms with Crippen LogP contribution >= 0.6 is 0 Å². The first-order chi connectivity index (χ1) is 17.1. The summed E-state index contributed by atoms with van der Waals surface area (Å²) in [5, 5.41) is 8.28. The number of carbonyl (C=O) groups is 5. The molecule has 196 valence electrons. The summed E-state index contributed by atoms with van der Waals surface area (Å²) in [4.78, 5) is 64.7. The average molecular weight is 500 g/mol. The molecule has 0 bridgehead atoms. The van der Waals surface area contributed by atoms with Crippen molar-refractivity contribution >= 4 is 29.5 Å². The van der Waals surface area contributed by atoms with E-state index in [4.69, 9.17) is 5.73 Å². The Labute approximate surface area is 211 Å². The van der Waals surface area contributed by atoms with Gasteiger partial charge < -0.3 is 26.6 Å². The van der Waals surface area contributed by atoms with Gasteiger partial charge in [-0.3, -0.25) is 19.2 Å². The van der Waals surface area contributed by atoms with Crippen LogP contribution in [-0.2, 0) is 32.0 Å². The minimum absolute atomic E-state index is 0.106. The van der Waals surface area contributed by atoms with Gasteiger partial charge in [-0.15, -0.1) is 0 Å². The molecule has 3 rings (SSSR count). The van der Waals surface area contributed by atoms with E-state index < -0.39 is 41.8 Å². The van der Waals surface area contributed by atoms with Crippen LogP contribution in [0, 0.1) is 5.92 Å². The van der Waals surface area contributed by atoms with E-state index in [2.05, 4.69) is 16.0 Å². The number of likely N-dealkylation sites (tertiary alicyclic amines) is 1. The molecule has 0 spiro atoms. The maximum absolute atomic E-state index is 13.8. The number of primary amides is 1. The van der Waals surface area contributed by atoms with Gasteiger partial charge in [-0.05, 0) is 63.0 Å². The molecule has 1 aromatic rings. The molecule has 10 heteroatoms. The monoisotopic (exact) mass is 499 g/mol. The van der Waals surface area contributed by atoms with E-state index in [1.54, 1.807) is 0 Å². The van der Waals surface area contributed by atoms with Gasteiger partial charge in [0.2, 0.25) is 17.6 Å². The van der Waals surface area contributed by atoms with E-state index in [0.29, 0.717) is 38.6 Å². The molecular formula is C26H37N5O5. The average Bonchev–Trinajstić information content (AvgIpc) is 3.48. The molecule has 3 atom stereocenters. The van der Waals surface area contributed by atoms with Gasteiger partial charge in [0, 0.05) is 12.6 Å². The molecule has 1 aliphatic heterocycles. The fraction of sp³-hybridized carbons (Fsp3) is 0.577. The lowest BCUT2D eigenvalue weighted by atomic mass is 9.94. The highest BCUT2D eigenvalue weighted by molar-refractivity contribution is 6.37. The molecule has 1 heterocycles. The highest BCUT2D eigenvalue weighted by Crippen LogP contribution is 2.31. The van der Waals surface area contributed by atoms with Gasteiger partial charge in [0.25, 0.3) is 5.91 Å². The van der Waals surface area contributed by atoms with Crippen molar-refractivity contribution in [1.29, 1.82) is 0 Å². The Bertz CT molecular complexity index is 985. The lowest BCUT2D eigenvalue weighted by molar-refractivity contribution is -0.142. The van der Waals surface area contributed by atoms with Gasteiger partial charge in [-0.1, -0.05) is 37.6 Å². The summed E-state index contributed by atoms with van der Waals surface area (Å²) < 4.78 is 0. The number of urea groups is 1. The van der Waals surface area contributed by atoms with E-state index >= 15 is 0 Å². The zero-order chi connectivity index (χ0) is 26.4. The third-order valence-corrected chi connectivity index (χ3v) is 6.82. The van der Waals surface area contributed by atoms with Crippen LogP contribution in [0.3, 0.4) is 0 Å². The van der Waals surface area contributed by atoms with Gasteiger partial charge in [-0.25, -0.2) is 4.79 Å². The Kier molecular flexibility index (Phi) is 9.06. The third-order valence-electron chi connectivity index (χ3n) is 6.82. The lowest BCUT2D eigenvalue weighted by Crippen LogP contribution is -2.59. The summed E-state index contributed by atoms with van der Waals surface area (Å²) >= 11 is 0. The number of carbonyl (C=O) groups excluding carboxylic acids is 5. The molecule has 1 saturated heterocycles. The van der Waals surface area contributed by atoms with Gasteiger partial charge in [0.1, 0.15) is 12.1 Å². The molecule has 0 radical (unpaired) electrons. The number of Topliss-reactive ketones (excluding diaryl/α,β-unsaturated/α-hetero) is 1. The van der Waals surface area contributed by atoms with Gasteiger partial charge >= 0.3 is 6.03 Å². The summed E-state index contributed by atoms with van der Waals surface area (Å²) in [5.41, 5.74) is 7.44. The predicted molar refractivity (Wildman–Crippen MR) is 134 cm³/mol.